The summed E-state index contributed by atoms with van der Waals surface area (Å²) in [5.74, 6) is 1.18. The summed E-state index contributed by atoms with van der Waals surface area (Å²) in [5.41, 5.74) is 2.53. The van der Waals surface area contributed by atoms with E-state index in [1.807, 2.05) is 4.90 Å². The SMILES string of the molecule is O=C(C1CCCO1)N1CCCC1c1nc2c([nH]1)CCCC2. The van der Waals surface area contributed by atoms with Crippen LogP contribution in [-0.2, 0) is 22.4 Å². The molecule has 0 bridgehead atoms. The maximum Gasteiger partial charge on any atom is 0.252 e. The number of aryl methyl sites for hydroxylation is 2. The van der Waals surface area contributed by atoms with Crippen molar-refractivity contribution >= 4 is 5.91 Å². The van der Waals surface area contributed by atoms with Crippen LogP contribution in [0, 0.1) is 0 Å². The summed E-state index contributed by atoms with van der Waals surface area (Å²) in [4.78, 5) is 22.9. The van der Waals surface area contributed by atoms with E-state index >= 15 is 0 Å². The summed E-state index contributed by atoms with van der Waals surface area (Å²) in [6, 6.07) is 0.132. The molecule has 5 heteroatoms. The Morgan fingerprint density at radius 3 is 2.90 bits per heavy atom. The number of H-pyrrole nitrogens is 1. The molecular weight excluding hydrogens is 266 g/mol. The summed E-state index contributed by atoms with van der Waals surface area (Å²) in [6.07, 6.45) is 8.42. The van der Waals surface area contributed by atoms with Crippen LogP contribution in [0.15, 0.2) is 0 Å². The molecule has 1 aliphatic carbocycles. The van der Waals surface area contributed by atoms with Gasteiger partial charge in [-0.2, -0.15) is 0 Å². The second-order valence-electron chi connectivity index (χ2n) is 6.45. The van der Waals surface area contributed by atoms with Gasteiger partial charge >= 0.3 is 0 Å². The van der Waals surface area contributed by atoms with Crippen LogP contribution in [0.3, 0.4) is 0 Å². The van der Waals surface area contributed by atoms with Gasteiger partial charge in [0.1, 0.15) is 11.9 Å². The summed E-state index contributed by atoms with van der Waals surface area (Å²) >= 11 is 0. The zero-order valence-corrected chi connectivity index (χ0v) is 12.4. The molecule has 3 heterocycles. The second kappa shape index (κ2) is 5.44. The summed E-state index contributed by atoms with van der Waals surface area (Å²) in [6.45, 7) is 1.57. The first-order chi connectivity index (χ1) is 10.3. The third-order valence-corrected chi connectivity index (χ3v) is 5.03. The van der Waals surface area contributed by atoms with Crippen molar-refractivity contribution in [3.8, 4) is 0 Å². The van der Waals surface area contributed by atoms with Gasteiger partial charge in [-0.25, -0.2) is 4.98 Å². The molecule has 1 N–H and O–H groups in total. The smallest absolute Gasteiger partial charge is 0.252 e. The number of amides is 1. The van der Waals surface area contributed by atoms with Crippen molar-refractivity contribution < 1.29 is 9.53 Å². The van der Waals surface area contributed by atoms with E-state index in [1.54, 1.807) is 0 Å². The molecule has 2 aliphatic heterocycles. The van der Waals surface area contributed by atoms with Gasteiger partial charge in [-0.15, -0.1) is 0 Å². The van der Waals surface area contributed by atoms with Crippen LogP contribution in [-0.4, -0.2) is 40.0 Å². The molecule has 5 nitrogen and oxygen atoms in total. The number of rotatable bonds is 2. The Morgan fingerprint density at radius 2 is 2.10 bits per heavy atom. The molecule has 3 aliphatic rings. The van der Waals surface area contributed by atoms with E-state index in [4.69, 9.17) is 9.72 Å². The Hall–Kier alpha value is -1.36. The van der Waals surface area contributed by atoms with Gasteiger partial charge in [0.25, 0.3) is 5.91 Å². The summed E-state index contributed by atoms with van der Waals surface area (Å²) in [5, 5.41) is 0. The molecule has 1 amide bonds. The predicted molar refractivity (Wildman–Crippen MR) is 77.9 cm³/mol. The van der Waals surface area contributed by atoms with Crippen molar-refractivity contribution in [2.45, 2.75) is 63.5 Å². The maximum atomic E-state index is 12.6. The third kappa shape index (κ3) is 2.37. The van der Waals surface area contributed by atoms with Gasteiger partial charge in [-0.05, 0) is 51.4 Å². The van der Waals surface area contributed by atoms with Gasteiger partial charge < -0.3 is 14.6 Å². The lowest BCUT2D eigenvalue weighted by molar-refractivity contribution is -0.142. The Bertz CT molecular complexity index is 510. The minimum atomic E-state index is -0.213. The molecule has 2 unspecified atom stereocenters. The average molecular weight is 289 g/mol. The van der Waals surface area contributed by atoms with Gasteiger partial charge in [0.05, 0.1) is 11.7 Å². The van der Waals surface area contributed by atoms with Crippen LogP contribution in [0.1, 0.15) is 61.8 Å². The van der Waals surface area contributed by atoms with E-state index in [-0.39, 0.29) is 18.1 Å². The molecule has 114 valence electrons. The molecule has 0 spiro atoms. The minimum absolute atomic E-state index is 0.132. The van der Waals surface area contributed by atoms with E-state index in [9.17, 15) is 4.79 Å². The Kier molecular flexibility index (Phi) is 3.45. The van der Waals surface area contributed by atoms with Crippen molar-refractivity contribution in [2.24, 2.45) is 0 Å². The molecule has 2 atom stereocenters. The second-order valence-corrected chi connectivity index (χ2v) is 6.45. The highest BCUT2D eigenvalue weighted by Crippen LogP contribution is 2.33. The fourth-order valence-electron chi connectivity index (χ4n) is 3.91. The van der Waals surface area contributed by atoms with Crippen molar-refractivity contribution in [1.29, 1.82) is 0 Å². The van der Waals surface area contributed by atoms with E-state index < -0.39 is 0 Å². The molecule has 2 fully saturated rings. The Labute approximate surface area is 125 Å². The lowest BCUT2D eigenvalue weighted by atomic mass is 10.0. The van der Waals surface area contributed by atoms with Crippen molar-refractivity contribution in [3.05, 3.63) is 17.2 Å². The standard InChI is InChI=1S/C16H23N3O2/c20-16(14-8-4-10-21-14)19-9-3-7-13(19)15-17-11-5-1-2-6-12(11)18-15/h13-14H,1-10H2,(H,17,18). The molecule has 0 aromatic carbocycles. The molecule has 0 saturated carbocycles. The highest BCUT2D eigenvalue weighted by Gasteiger charge is 2.37. The minimum Gasteiger partial charge on any atom is -0.368 e. The zero-order chi connectivity index (χ0) is 14.2. The lowest BCUT2D eigenvalue weighted by Gasteiger charge is -2.25. The number of hydrogen-bond donors (Lipinski definition) is 1. The number of nitrogens with one attached hydrogen (secondary N) is 1. The van der Waals surface area contributed by atoms with E-state index in [2.05, 4.69) is 4.98 Å². The van der Waals surface area contributed by atoms with E-state index in [0.717, 1.165) is 57.5 Å². The first-order valence-electron chi connectivity index (χ1n) is 8.32. The van der Waals surface area contributed by atoms with Gasteiger partial charge in [-0.1, -0.05) is 0 Å². The van der Waals surface area contributed by atoms with E-state index in [0.29, 0.717) is 0 Å². The molecular formula is C16H23N3O2. The fraction of sp³-hybridized carbons (Fsp3) is 0.750. The monoisotopic (exact) mass is 289 g/mol. The summed E-state index contributed by atoms with van der Waals surface area (Å²) < 4.78 is 5.57. The number of fused-ring (bicyclic) bond motifs is 1. The first-order valence-corrected chi connectivity index (χ1v) is 8.32. The number of carbonyl (C=O) groups excluding carboxylic acids is 1. The van der Waals surface area contributed by atoms with Gasteiger partial charge in [-0.3, -0.25) is 4.79 Å². The van der Waals surface area contributed by atoms with Crippen molar-refractivity contribution in [2.75, 3.05) is 13.2 Å². The maximum absolute atomic E-state index is 12.6. The van der Waals surface area contributed by atoms with E-state index in [1.165, 1.54) is 24.2 Å². The van der Waals surface area contributed by atoms with Crippen LogP contribution >= 0.6 is 0 Å². The topological polar surface area (TPSA) is 58.2 Å². The first kappa shape index (κ1) is 13.3. The third-order valence-electron chi connectivity index (χ3n) is 5.03. The van der Waals surface area contributed by atoms with Crippen LogP contribution in [0.5, 0.6) is 0 Å². The number of hydrogen-bond acceptors (Lipinski definition) is 3. The molecule has 0 radical (unpaired) electrons. The summed E-state index contributed by atoms with van der Waals surface area (Å²) in [7, 11) is 0. The highest BCUT2D eigenvalue weighted by atomic mass is 16.5. The quantitative estimate of drug-likeness (QED) is 0.907. The largest absolute Gasteiger partial charge is 0.368 e. The molecule has 4 rings (SSSR count). The van der Waals surface area contributed by atoms with Gasteiger partial charge in [0.2, 0.25) is 0 Å². The number of imidazole rings is 1. The Morgan fingerprint density at radius 1 is 1.19 bits per heavy atom. The zero-order valence-electron chi connectivity index (χ0n) is 12.4. The van der Waals surface area contributed by atoms with Gasteiger partial charge in [0, 0.05) is 18.8 Å². The van der Waals surface area contributed by atoms with Crippen molar-refractivity contribution in [3.63, 3.8) is 0 Å². The van der Waals surface area contributed by atoms with Gasteiger partial charge in [0.15, 0.2) is 0 Å². The number of likely N-dealkylation sites (tertiary alicyclic amines) is 1. The number of ether oxygens (including phenoxy) is 1. The molecule has 1 aromatic rings. The van der Waals surface area contributed by atoms with Crippen LogP contribution in [0.4, 0.5) is 0 Å². The average Bonchev–Trinajstić information content (AvgIpc) is 3.24. The molecule has 2 saturated heterocycles. The molecule has 1 aromatic heterocycles. The lowest BCUT2D eigenvalue weighted by Crippen LogP contribution is -2.38. The normalized spacial score (nSPS) is 28.9. The number of aromatic amines is 1. The number of aromatic nitrogens is 2. The fourth-order valence-corrected chi connectivity index (χ4v) is 3.91. The number of carbonyl (C=O) groups is 1. The molecule has 21 heavy (non-hydrogen) atoms. The van der Waals surface area contributed by atoms with Crippen LogP contribution in [0.2, 0.25) is 0 Å². The van der Waals surface area contributed by atoms with Crippen LogP contribution < -0.4 is 0 Å². The van der Waals surface area contributed by atoms with Crippen LogP contribution in [0.25, 0.3) is 0 Å². The highest BCUT2D eigenvalue weighted by molar-refractivity contribution is 5.81. The predicted octanol–water partition coefficient (Wildman–Crippen LogP) is 2.13. The van der Waals surface area contributed by atoms with Crippen molar-refractivity contribution in [1.82, 2.24) is 14.9 Å². The Balaban J connectivity index is 1.55. The number of nitrogens with zero attached hydrogens (tertiary/aromatic N) is 2.